The van der Waals surface area contributed by atoms with E-state index < -0.39 is 30.1 Å². The van der Waals surface area contributed by atoms with Gasteiger partial charge in [0.2, 0.25) is 11.8 Å². The molecule has 0 aromatic heterocycles. The molecular weight excluding hydrogens is 480 g/mol. The zero-order valence-electron chi connectivity index (χ0n) is 21.7. The number of nitrogens with zero attached hydrogens (tertiary/aromatic N) is 1. The van der Waals surface area contributed by atoms with Gasteiger partial charge in [-0.15, -0.1) is 0 Å². The number of ether oxygens (including phenoxy) is 3. The first-order valence-electron chi connectivity index (χ1n) is 13.0. The summed E-state index contributed by atoms with van der Waals surface area (Å²) in [5, 5.41) is 33.4. The zero-order chi connectivity index (χ0) is 26.7. The van der Waals surface area contributed by atoms with Crippen molar-refractivity contribution in [2.45, 2.75) is 70.0 Å². The molecule has 0 saturated carbocycles. The lowest BCUT2D eigenvalue weighted by Gasteiger charge is -2.41. The first kappa shape index (κ1) is 27.4. The smallest absolute Gasteiger partial charge is 0.247 e. The molecule has 10 heteroatoms. The predicted octanol–water partition coefficient (Wildman–Crippen LogP) is 0.864. The van der Waals surface area contributed by atoms with Crippen molar-refractivity contribution in [1.82, 2.24) is 10.2 Å². The third-order valence-corrected chi connectivity index (χ3v) is 7.18. The Labute approximate surface area is 217 Å². The van der Waals surface area contributed by atoms with E-state index in [2.05, 4.69) is 5.32 Å². The maximum absolute atomic E-state index is 13.4. The molecule has 10 nitrogen and oxygen atoms in total. The minimum Gasteiger partial charge on any atom is -0.493 e. The highest BCUT2D eigenvalue weighted by atomic mass is 16.5. The summed E-state index contributed by atoms with van der Waals surface area (Å²) in [6.45, 7) is 4.44. The molecule has 5 atom stereocenters. The summed E-state index contributed by atoms with van der Waals surface area (Å²) in [5.74, 6) is -0.298. The van der Waals surface area contributed by atoms with E-state index in [4.69, 9.17) is 14.2 Å². The van der Waals surface area contributed by atoms with Crippen LogP contribution >= 0.6 is 0 Å². The number of nitrogens with one attached hydrogen (secondary N) is 1. The van der Waals surface area contributed by atoms with Gasteiger partial charge in [0.15, 0.2) is 11.5 Å². The predicted molar refractivity (Wildman–Crippen MR) is 134 cm³/mol. The van der Waals surface area contributed by atoms with E-state index in [1.165, 1.54) is 7.11 Å². The normalized spacial score (nSPS) is 26.2. The molecule has 204 valence electrons. The van der Waals surface area contributed by atoms with Crippen LogP contribution in [-0.2, 0) is 20.9 Å². The highest BCUT2D eigenvalue weighted by molar-refractivity contribution is 5.96. The maximum atomic E-state index is 13.4. The number of amides is 2. The molecule has 1 aromatic carbocycles. The average molecular weight is 519 g/mol. The Morgan fingerprint density at radius 2 is 2.05 bits per heavy atom. The number of rotatable bonds is 10. The van der Waals surface area contributed by atoms with Gasteiger partial charge in [-0.1, -0.05) is 13.8 Å². The van der Waals surface area contributed by atoms with E-state index in [1.54, 1.807) is 23.1 Å². The van der Waals surface area contributed by atoms with Crippen molar-refractivity contribution in [2.24, 2.45) is 5.92 Å². The Morgan fingerprint density at radius 3 is 2.68 bits per heavy atom. The van der Waals surface area contributed by atoms with Crippen molar-refractivity contribution in [3.8, 4) is 11.5 Å². The molecular formula is C27H38N2O8. The van der Waals surface area contributed by atoms with Crippen molar-refractivity contribution in [2.75, 3.05) is 33.4 Å². The van der Waals surface area contributed by atoms with Crippen molar-refractivity contribution in [3.05, 3.63) is 34.9 Å². The third-order valence-electron chi connectivity index (χ3n) is 7.18. The Balaban J connectivity index is 1.78. The van der Waals surface area contributed by atoms with Gasteiger partial charge in [-0.25, -0.2) is 0 Å². The van der Waals surface area contributed by atoms with Crippen LogP contribution in [0.3, 0.4) is 0 Å². The lowest BCUT2D eigenvalue weighted by molar-refractivity contribution is -0.140. The van der Waals surface area contributed by atoms with Gasteiger partial charge in [-0.3, -0.25) is 9.59 Å². The maximum Gasteiger partial charge on any atom is 0.247 e. The zero-order valence-corrected chi connectivity index (χ0v) is 21.7. The van der Waals surface area contributed by atoms with Gasteiger partial charge < -0.3 is 39.7 Å². The van der Waals surface area contributed by atoms with E-state index in [0.29, 0.717) is 47.8 Å². The summed E-state index contributed by atoms with van der Waals surface area (Å²) in [4.78, 5) is 28.4. The highest BCUT2D eigenvalue weighted by Gasteiger charge is 2.51. The number of hydrogen-bond acceptors (Lipinski definition) is 8. The van der Waals surface area contributed by atoms with Crippen molar-refractivity contribution < 1.29 is 39.1 Å². The minimum atomic E-state index is -1.13. The van der Waals surface area contributed by atoms with Crippen LogP contribution in [0.2, 0.25) is 0 Å². The van der Waals surface area contributed by atoms with Crippen LogP contribution in [0.4, 0.5) is 0 Å². The third kappa shape index (κ3) is 5.62. The SMILES string of the molecule is COc1cc(CO)cc2c1OC1C2C(C(=O)NCCO)=CC(N(CC2CCCO2)C(=O)CC(C)C)C1O. The van der Waals surface area contributed by atoms with Crippen molar-refractivity contribution in [3.63, 3.8) is 0 Å². The second-order valence-electron chi connectivity index (χ2n) is 10.3. The Hall–Kier alpha value is -2.66. The number of benzene rings is 1. The Kier molecular flexibility index (Phi) is 8.74. The molecule has 5 unspecified atom stereocenters. The van der Waals surface area contributed by atoms with Crippen molar-refractivity contribution in [1.29, 1.82) is 0 Å². The molecule has 1 aromatic rings. The van der Waals surface area contributed by atoms with Crippen LogP contribution in [0.15, 0.2) is 23.8 Å². The quantitative estimate of drug-likeness (QED) is 0.358. The molecule has 0 radical (unpaired) electrons. The fraction of sp³-hybridized carbons (Fsp3) is 0.630. The number of carbonyl (C=O) groups is 2. The van der Waals surface area contributed by atoms with Crippen LogP contribution < -0.4 is 14.8 Å². The summed E-state index contributed by atoms with van der Waals surface area (Å²) >= 11 is 0. The van der Waals surface area contributed by atoms with E-state index in [1.807, 2.05) is 13.8 Å². The van der Waals surface area contributed by atoms with Gasteiger partial charge in [-0.2, -0.15) is 0 Å². The topological polar surface area (TPSA) is 138 Å². The van der Waals surface area contributed by atoms with Crippen LogP contribution in [0.1, 0.15) is 50.2 Å². The van der Waals surface area contributed by atoms with Crippen LogP contribution in [0.25, 0.3) is 0 Å². The van der Waals surface area contributed by atoms with E-state index in [9.17, 15) is 24.9 Å². The molecule has 1 fully saturated rings. The van der Waals surface area contributed by atoms with Gasteiger partial charge in [-0.05, 0) is 42.5 Å². The fourth-order valence-corrected chi connectivity index (χ4v) is 5.48. The standard InChI is InChI=1S/C27H38N2O8/c1-15(2)9-22(32)29(13-17-5-4-8-36-17)20-12-19(27(34)28-6-7-30)23-18-10-16(14-31)11-21(35-3)25(18)37-26(23)24(20)33/h10-12,15,17,20,23-24,26,30-31,33H,4-9,13-14H2,1-3H3,(H,28,34). The number of aliphatic hydroxyl groups is 3. The molecule has 37 heavy (non-hydrogen) atoms. The number of methoxy groups -OCH3 is 1. The Morgan fingerprint density at radius 1 is 1.27 bits per heavy atom. The lowest BCUT2D eigenvalue weighted by Crippen LogP contribution is -2.57. The average Bonchev–Trinajstić information content (AvgIpc) is 3.53. The molecule has 2 amide bonds. The summed E-state index contributed by atoms with van der Waals surface area (Å²) in [7, 11) is 1.49. The van der Waals surface area contributed by atoms with E-state index >= 15 is 0 Å². The number of hydrogen-bond donors (Lipinski definition) is 4. The molecule has 0 bridgehead atoms. The second kappa shape index (κ2) is 11.8. The van der Waals surface area contributed by atoms with Gasteiger partial charge in [0.25, 0.3) is 0 Å². The second-order valence-corrected chi connectivity index (χ2v) is 10.3. The van der Waals surface area contributed by atoms with Crippen LogP contribution in [0, 0.1) is 5.92 Å². The van der Waals surface area contributed by atoms with Gasteiger partial charge in [0.05, 0.1) is 38.4 Å². The van der Waals surface area contributed by atoms with E-state index in [-0.39, 0.29) is 37.7 Å². The molecule has 1 saturated heterocycles. The summed E-state index contributed by atoms with van der Waals surface area (Å²) in [6.07, 6.45) is 1.53. The molecule has 0 spiro atoms. The Bertz CT molecular complexity index is 1020. The van der Waals surface area contributed by atoms with Crippen LogP contribution in [-0.4, -0.2) is 89.8 Å². The largest absolute Gasteiger partial charge is 0.493 e. The van der Waals surface area contributed by atoms with Crippen molar-refractivity contribution >= 4 is 11.8 Å². The molecule has 4 rings (SSSR count). The summed E-state index contributed by atoms with van der Waals surface area (Å²) < 4.78 is 17.5. The summed E-state index contributed by atoms with van der Waals surface area (Å²) in [6, 6.07) is 2.59. The summed E-state index contributed by atoms with van der Waals surface area (Å²) in [5.41, 5.74) is 1.54. The number of fused-ring (bicyclic) bond motifs is 3. The molecule has 4 N–H and O–H groups in total. The lowest BCUT2D eigenvalue weighted by atomic mass is 9.77. The van der Waals surface area contributed by atoms with Crippen LogP contribution in [0.5, 0.6) is 11.5 Å². The van der Waals surface area contributed by atoms with E-state index in [0.717, 1.165) is 12.8 Å². The number of carbonyl (C=O) groups excluding carboxylic acids is 2. The minimum absolute atomic E-state index is 0.0560. The van der Waals surface area contributed by atoms with Gasteiger partial charge in [0, 0.05) is 37.3 Å². The number of aliphatic hydroxyl groups excluding tert-OH is 3. The first-order valence-corrected chi connectivity index (χ1v) is 13.0. The van der Waals surface area contributed by atoms with Gasteiger partial charge in [0.1, 0.15) is 12.2 Å². The molecule has 3 aliphatic rings. The molecule has 1 aliphatic carbocycles. The molecule has 2 aliphatic heterocycles. The van der Waals surface area contributed by atoms with Gasteiger partial charge >= 0.3 is 0 Å². The monoisotopic (exact) mass is 518 g/mol. The first-order chi connectivity index (χ1) is 17.8. The highest BCUT2D eigenvalue weighted by Crippen LogP contribution is 2.51. The molecule has 2 heterocycles. The fourth-order valence-electron chi connectivity index (χ4n) is 5.48.